The highest BCUT2D eigenvalue weighted by atomic mass is 19.1. The fourth-order valence-electron chi connectivity index (χ4n) is 4.41. The highest BCUT2D eigenvalue weighted by Crippen LogP contribution is 2.47. The first-order valence-electron chi connectivity index (χ1n) is 9.38. The first-order chi connectivity index (χ1) is 12.5. The maximum atomic E-state index is 13.4. The van der Waals surface area contributed by atoms with E-state index in [0.717, 1.165) is 43.9 Å². The molecule has 1 amide bonds. The lowest BCUT2D eigenvalue weighted by molar-refractivity contribution is -0.122. The minimum atomic E-state index is -0.425. The Hall–Kier alpha value is -2.20. The SMILES string of the molecule is CC(C)CN1C(=O)[C@]2(CCN(Cc3ccc(F)cc3)C2)c2ccccc21. The number of hydrogen-bond acceptors (Lipinski definition) is 2. The summed E-state index contributed by atoms with van der Waals surface area (Å²) in [7, 11) is 0. The predicted molar refractivity (Wildman–Crippen MR) is 102 cm³/mol. The zero-order chi connectivity index (χ0) is 18.3. The quantitative estimate of drug-likeness (QED) is 0.831. The Bertz CT molecular complexity index is 817. The molecule has 136 valence electrons. The number of amides is 1. The molecule has 0 saturated carbocycles. The summed E-state index contributed by atoms with van der Waals surface area (Å²) >= 11 is 0. The van der Waals surface area contributed by atoms with Gasteiger partial charge in [0.2, 0.25) is 5.91 Å². The van der Waals surface area contributed by atoms with Gasteiger partial charge in [0.05, 0.1) is 5.41 Å². The van der Waals surface area contributed by atoms with Crippen molar-refractivity contribution in [2.24, 2.45) is 5.92 Å². The molecule has 0 aliphatic carbocycles. The van der Waals surface area contributed by atoms with Crippen molar-refractivity contribution >= 4 is 11.6 Å². The summed E-state index contributed by atoms with van der Waals surface area (Å²) in [6.07, 6.45) is 0.846. The molecule has 1 spiro atoms. The standard InChI is InChI=1S/C22H25FN2O/c1-16(2)13-25-20-6-4-3-5-19(20)22(21(25)26)11-12-24(15-22)14-17-7-9-18(23)10-8-17/h3-10,16H,11-15H2,1-2H3/t22-/m0/s1. The number of halogens is 1. The summed E-state index contributed by atoms with van der Waals surface area (Å²) in [6.45, 7) is 7.42. The second-order valence-corrected chi connectivity index (χ2v) is 8.00. The Morgan fingerprint density at radius 1 is 1.12 bits per heavy atom. The Morgan fingerprint density at radius 2 is 1.85 bits per heavy atom. The first-order valence-corrected chi connectivity index (χ1v) is 9.38. The number of rotatable bonds is 4. The first kappa shape index (κ1) is 17.2. The summed E-state index contributed by atoms with van der Waals surface area (Å²) in [5.74, 6) is 0.462. The molecule has 2 aliphatic heterocycles. The largest absolute Gasteiger partial charge is 0.311 e. The van der Waals surface area contributed by atoms with Crippen molar-refractivity contribution in [3.63, 3.8) is 0 Å². The number of nitrogens with zero attached hydrogens (tertiary/aromatic N) is 2. The number of hydrogen-bond donors (Lipinski definition) is 0. The van der Waals surface area contributed by atoms with E-state index in [1.165, 1.54) is 17.7 Å². The molecular weight excluding hydrogens is 327 g/mol. The summed E-state index contributed by atoms with van der Waals surface area (Å²) in [5, 5.41) is 0. The average Bonchev–Trinajstić information content (AvgIpc) is 3.14. The van der Waals surface area contributed by atoms with Gasteiger partial charge in [0.15, 0.2) is 0 Å². The summed E-state index contributed by atoms with van der Waals surface area (Å²) in [6, 6.07) is 14.9. The van der Waals surface area contributed by atoms with Gasteiger partial charge in [-0.25, -0.2) is 4.39 Å². The van der Waals surface area contributed by atoms with Crippen molar-refractivity contribution in [2.75, 3.05) is 24.5 Å². The monoisotopic (exact) mass is 352 g/mol. The number of carbonyl (C=O) groups excluding carboxylic acids is 1. The van der Waals surface area contributed by atoms with Gasteiger partial charge in [-0.2, -0.15) is 0 Å². The second-order valence-electron chi connectivity index (χ2n) is 8.00. The van der Waals surface area contributed by atoms with Gasteiger partial charge in [0.1, 0.15) is 5.82 Å². The Balaban J connectivity index is 1.60. The van der Waals surface area contributed by atoms with Crippen LogP contribution in [0.2, 0.25) is 0 Å². The van der Waals surface area contributed by atoms with E-state index in [-0.39, 0.29) is 11.7 Å². The van der Waals surface area contributed by atoms with Gasteiger partial charge in [-0.3, -0.25) is 9.69 Å². The van der Waals surface area contributed by atoms with Gasteiger partial charge in [-0.05, 0) is 48.2 Å². The van der Waals surface area contributed by atoms with E-state index in [9.17, 15) is 9.18 Å². The molecule has 3 nitrogen and oxygen atoms in total. The van der Waals surface area contributed by atoms with Crippen molar-refractivity contribution in [3.05, 3.63) is 65.5 Å². The lowest BCUT2D eigenvalue weighted by atomic mass is 9.81. The molecule has 1 fully saturated rings. The van der Waals surface area contributed by atoms with Gasteiger partial charge in [-0.15, -0.1) is 0 Å². The molecule has 1 saturated heterocycles. The van der Waals surface area contributed by atoms with Crippen LogP contribution in [0.15, 0.2) is 48.5 Å². The summed E-state index contributed by atoms with van der Waals surface area (Å²) < 4.78 is 13.1. The molecule has 26 heavy (non-hydrogen) atoms. The number of benzene rings is 2. The third-order valence-electron chi connectivity index (χ3n) is 5.58. The lowest BCUT2D eigenvalue weighted by Crippen LogP contribution is -2.43. The van der Waals surface area contributed by atoms with Crippen molar-refractivity contribution in [1.29, 1.82) is 0 Å². The maximum absolute atomic E-state index is 13.4. The van der Waals surface area contributed by atoms with Crippen LogP contribution in [0.5, 0.6) is 0 Å². The van der Waals surface area contributed by atoms with Gasteiger partial charge < -0.3 is 4.90 Å². The van der Waals surface area contributed by atoms with Gasteiger partial charge in [-0.1, -0.05) is 44.2 Å². The van der Waals surface area contributed by atoms with Crippen LogP contribution < -0.4 is 4.90 Å². The van der Waals surface area contributed by atoms with Crippen LogP contribution >= 0.6 is 0 Å². The van der Waals surface area contributed by atoms with Crippen LogP contribution in [0.1, 0.15) is 31.4 Å². The number of likely N-dealkylation sites (tertiary alicyclic amines) is 1. The van der Waals surface area contributed by atoms with E-state index in [2.05, 4.69) is 30.9 Å². The van der Waals surface area contributed by atoms with Crippen LogP contribution in [0.25, 0.3) is 0 Å². The molecular formula is C22H25FN2O. The van der Waals surface area contributed by atoms with Crippen LogP contribution in [-0.4, -0.2) is 30.4 Å². The summed E-state index contributed by atoms with van der Waals surface area (Å²) in [4.78, 5) is 17.7. The lowest BCUT2D eigenvalue weighted by Gasteiger charge is -2.25. The number of carbonyl (C=O) groups is 1. The Morgan fingerprint density at radius 3 is 2.58 bits per heavy atom. The number of fused-ring (bicyclic) bond motifs is 2. The number of para-hydroxylation sites is 1. The van der Waals surface area contributed by atoms with Crippen LogP contribution in [0.4, 0.5) is 10.1 Å². The van der Waals surface area contributed by atoms with E-state index in [1.54, 1.807) is 0 Å². The normalized spacial score (nSPS) is 22.6. The highest BCUT2D eigenvalue weighted by molar-refractivity contribution is 6.08. The van der Waals surface area contributed by atoms with E-state index >= 15 is 0 Å². The Labute approximate surface area is 154 Å². The zero-order valence-electron chi connectivity index (χ0n) is 15.4. The number of anilines is 1. The van der Waals surface area contributed by atoms with Crippen molar-refractivity contribution in [2.45, 2.75) is 32.2 Å². The van der Waals surface area contributed by atoms with Crippen LogP contribution in [0.3, 0.4) is 0 Å². The molecule has 2 aromatic rings. The van der Waals surface area contributed by atoms with Crippen LogP contribution in [0, 0.1) is 11.7 Å². The smallest absolute Gasteiger partial charge is 0.239 e. The molecule has 2 aliphatic rings. The fourth-order valence-corrected chi connectivity index (χ4v) is 4.41. The van der Waals surface area contributed by atoms with Crippen molar-refractivity contribution in [3.8, 4) is 0 Å². The van der Waals surface area contributed by atoms with E-state index < -0.39 is 5.41 Å². The zero-order valence-corrected chi connectivity index (χ0v) is 15.4. The third kappa shape index (κ3) is 2.82. The molecule has 2 aromatic carbocycles. The molecule has 1 atom stereocenters. The Kier molecular flexibility index (Phi) is 4.31. The third-order valence-corrected chi connectivity index (χ3v) is 5.58. The van der Waals surface area contributed by atoms with Gasteiger partial charge in [0.25, 0.3) is 0 Å². The van der Waals surface area contributed by atoms with E-state index in [4.69, 9.17) is 0 Å². The van der Waals surface area contributed by atoms with E-state index in [0.29, 0.717) is 5.92 Å². The van der Waals surface area contributed by atoms with Crippen LogP contribution in [-0.2, 0) is 16.8 Å². The average molecular weight is 352 g/mol. The fraction of sp³-hybridized carbons (Fsp3) is 0.409. The predicted octanol–water partition coefficient (Wildman–Crippen LogP) is 3.97. The maximum Gasteiger partial charge on any atom is 0.239 e. The highest BCUT2D eigenvalue weighted by Gasteiger charge is 2.54. The molecule has 2 heterocycles. The molecule has 0 aromatic heterocycles. The van der Waals surface area contributed by atoms with Gasteiger partial charge >= 0.3 is 0 Å². The molecule has 4 rings (SSSR count). The minimum absolute atomic E-state index is 0.212. The molecule has 0 unspecified atom stereocenters. The molecule has 4 heteroatoms. The van der Waals surface area contributed by atoms with Crippen molar-refractivity contribution < 1.29 is 9.18 Å². The van der Waals surface area contributed by atoms with E-state index in [1.807, 2.05) is 29.2 Å². The van der Waals surface area contributed by atoms with Crippen molar-refractivity contribution in [1.82, 2.24) is 4.90 Å². The molecule has 0 N–H and O–H groups in total. The minimum Gasteiger partial charge on any atom is -0.311 e. The second kappa shape index (κ2) is 6.51. The van der Waals surface area contributed by atoms with Gasteiger partial charge in [0, 0.05) is 25.3 Å². The molecule has 0 radical (unpaired) electrons. The summed E-state index contributed by atoms with van der Waals surface area (Å²) in [5.41, 5.74) is 2.91. The topological polar surface area (TPSA) is 23.6 Å². The molecule has 0 bridgehead atoms.